The van der Waals surface area contributed by atoms with Gasteiger partial charge in [0.2, 0.25) is 0 Å². The summed E-state index contributed by atoms with van der Waals surface area (Å²) in [5.74, 6) is -0.122. The molecule has 1 N–H and O–H groups in total. The standard InChI is InChI=1S/C16H16FNO2/c1-11-4-3-5-15(12(11)2)18-16(19)10-20-14-8-6-13(17)7-9-14/h3-9H,10H2,1-2H3,(H,18,19). The van der Waals surface area contributed by atoms with E-state index < -0.39 is 0 Å². The molecule has 0 bridgehead atoms. The molecule has 2 rings (SSSR count). The highest BCUT2D eigenvalue weighted by molar-refractivity contribution is 5.92. The van der Waals surface area contributed by atoms with Crippen molar-refractivity contribution in [2.24, 2.45) is 0 Å². The van der Waals surface area contributed by atoms with Gasteiger partial charge in [0.05, 0.1) is 0 Å². The zero-order chi connectivity index (χ0) is 14.5. The van der Waals surface area contributed by atoms with Crippen LogP contribution in [0.2, 0.25) is 0 Å². The minimum Gasteiger partial charge on any atom is -0.484 e. The van der Waals surface area contributed by atoms with Gasteiger partial charge in [-0.15, -0.1) is 0 Å². The maximum atomic E-state index is 12.7. The summed E-state index contributed by atoms with van der Waals surface area (Å²) >= 11 is 0. The molecule has 0 aromatic heterocycles. The number of anilines is 1. The summed E-state index contributed by atoms with van der Waals surface area (Å²) in [5.41, 5.74) is 2.92. The molecule has 2 aromatic rings. The molecule has 4 heteroatoms. The van der Waals surface area contributed by atoms with Crippen LogP contribution in [0.3, 0.4) is 0 Å². The topological polar surface area (TPSA) is 38.3 Å². The lowest BCUT2D eigenvalue weighted by Gasteiger charge is -2.11. The number of rotatable bonds is 4. The van der Waals surface area contributed by atoms with Gasteiger partial charge in [-0.3, -0.25) is 4.79 Å². The second-order valence-electron chi connectivity index (χ2n) is 4.54. The number of hydrogen-bond donors (Lipinski definition) is 1. The van der Waals surface area contributed by atoms with E-state index in [1.165, 1.54) is 24.3 Å². The Labute approximate surface area is 117 Å². The minimum absolute atomic E-state index is 0.112. The predicted octanol–water partition coefficient (Wildman–Crippen LogP) is 3.46. The largest absolute Gasteiger partial charge is 0.484 e. The van der Waals surface area contributed by atoms with E-state index >= 15 is 0 Å². The maximum absolute atomic E-state index is 12.7. The Hall–Kier alpha value is -2.36. The first-order valence-electron chi connectivity index (χ1n) is 6.30. The van der Waals surface area contributed by atoms with E-state index in [2.05, 4.69) is 5.32 Å². The quantitative estimate of drug-likeness (QED) is 0.926. The molecule has 0 aliphatic heterocycles. The van der Waals surface area contributed by atoms with Crippen LogP contribution in [-0.2, 0) is 4.79 Å². The molecule has 0 saturated carbocycles. The van der Waals surface area contributed by atoms with Crippen LogP contribution < -0.4 is 10.1 Å². The molecule has 3 nitrogen and oxygen atoms in total. The van der Waals surface area contributed by atoms with Crippen molar-refractivity contribution < 1.29 is 13.9 Å². The molecule has 0 saturated heterocycles. The fraction of sp³-hybridized carbons (Fsp3) is 0.188. The molecular weight excluding hydrogens is 257 g/mol. The minimum atomic E-state index is -0.336. The lowest BCUT2D eigenvalue weighted by atomic mass is 10.1. The summed E-state index contributed by atoms with van der Waals surface area (Å²) in [6, 6.07) is 11.3. The Bertz CT molecular complexity index is 608. The zero-order valence-corrected chi connectivity index (χ0v) is 11.4. The van der Waals surface area contributed by atoms with Gasteiger partial charge in [-0.2, -0.15) is 0 Å². The first-order valence-corrected chi connectivity index (χ1v) is 6.30. The third-order valence-corrected chi connectivity index (χ3v) is 3.06. The number of nitrogens with one attached hydrogen (secondary N) is 1. The smallest absolute Gasteiger partial charge is 0.262 e. The van der Waals surface area contributed by atoms with Crippen LogP contribution in [-0.4, -0.2) is 12.5 Å². The van der Waals surface area contributed by atoms with Crippen LogP contribution in [0.4, 0.5) is 10.1 Å². The molecule has 0 unspecified atom stereocenters. The molecule has 0 fully saturated rings. The Kier molecular flexibility index (Phi) is 4.35. The highest BCUT2D eigenvalue weighted by Crippen LogP contribution is 2.18. The van der Waals surface area contributed by atoms with Crippen LogP contribution in [0, 0.1) is 19.7 Å². The van der Waals surface area contributed by atoms with Gasteiger partial charge in [0.15, 0.2) is 6.61 Å². The Morgan fingerprint density at radius 1 is 1.15 bits per heavy atom. The monoisotopic (exact) mass is 273 g/mol. The molecule has 0 spiro atoms. The fourth-order valence-corrected chi connectivity index (χ4v) is 1.75. The SMILES string of the molecule is Cc1cccc(NC(=O)COc2ccc(F)cc2)c1C. The van der Waals surface area contributed by atoms with Gasteiger partial charge in [-0.25, -0.2) is 4.39 Å². The summed E-state index contributed by atoms with van der Waals surface area (Å²) in [6.07, 6.45) is 0. The Morgan fingerprint density at radius 2 is 1.85 bits per heavy atom. The van der Waals surface area contributed by atoms with Crippen molar-refractivity contribution in [2.45, 2.75) is 13.8 Å². The van der Waals surface area contributed by atoms with Crippen LogP contribution in [0.25, 0.3) is 0 Å². The molecule has 104 valence electrons. The van der Waals surface area contributed by atoms with Crippen LogP contribution in [0.5, 0.6) is 5.75 Å². The van der Waals surface area contributed by atoms with Crippen molar-refractivity contribution in [3.8, 4) is 5.75 Å². The predicted molar refractivity (Wildman–Crippen MR) is 76.4 cm³/mol. The van der Waals surface area contributed by atoms with E-state index in [4.69, 9.17) is 4.74 Å². The normalized spacial score (nSPS) is 10.2. The molecule has 0 aliphatic carbocycles. The lowest BCUT2D eigenvalue weighted by molar-refractivity contribution is -0.118. The highest BCUT2D eigenvalue weighted by atomic mass is 19.1. The molecule has 0 atom stereocenters. The summed E-state index contributed by atoms with van der Waals surface area (Å²) in [6.45, 7) is 3.82. The second kappa shape index (κ2) is 6.19. The van der Waals surface area contributed by atoms with E-state index in [1.807, 2.05) is 32.0 Å². The number of hydrogen-bond acceptors (Lipinski definition) is 2. The third-order valence-electron chi connectivity index (χ3n) is 3.06. The van der Waals surface area contributed by atoms with Crippen molar-refractivity contribution in [1.82, 2.24) is 0 Å². The number of benzene rings is 2. The van der Waals surface area contributed by atoms with Gasteiger partial charge in [-0.05, 0) is 55.3 Å². The van der Waals surface area contributed by atoms with Gasteiger partial charge in [0.25, 0.3) is 5.91 Å². The van der Waals surface area contributed by atoms with E-state index in [-0.39, 0.29) is 18.3 Å². The summed E-state index contributed by atoms with van der Waals surface area (Å²) in [4.78, 5) is 11.8. The van der Waals surface area contributed by atoms with Gasteiger partial charge >= 0.3 is 0 Å². The third kappa shape index (κ3) is 3.57. The number of aryl methyl sites for hydroxylation is 1. The average Bonchev–Trinajstić information content (AvgIpc) is 2.43. The van der Waals surface area contributed by atoms with E-state index in [0.29, 0.717) is 5.75 Å². The van der Waals surface area contributed by atoms with Crippen LogP contribution in [0.15, 0.2) is 42.5 Å². The number of carbonyl (C=O) groups is 1. The molecule has 1 amide bonds. The summed E-state index contributed by atoms with van der Waals surface area (Å²) in [5, 5.41) is 2.79. The first kappa shape index (κ1) is 14.1. The van der Waals surface area contributed by atoms with Crippen molar-refractivity contribution in [1.29, 1.82) is 0 Å². The number of ether oxygens (including phenoxy) is 1. The van der Waals surface area contributed by atoms with E-state index in [9.17, 15) is 9.18 Å². The molecule has 0 radical (unpaired) electrons. The average molecular weight is 273 g/mol. The summed E-state index contributed by atoms with van der Waals surface area (Å²) < 4.78 is 18.0. The van der Waals surface area contributed by atoms with E-state index in [0.717, 1.165) is 16.8 Å². The van der Waals surface area contributed by atoms with Gasteiger partial charge in [-0.1, -0.05) is 12.1 Å². The molecule has 0 heterocycles. The first-order chi connectivity index (χ1) is 9.56. The van der Waals surface area contributed by atoms with Crippen LogP contribution >= 0.6 is 0 Å². The zero-order valence-electron chi connectivity index (χ0n) is 11.4. The molecule has 20 heavy (non-hydrogen) atoms. The van der Waals surface area contributed by atoms with Crippen LogP contribution in [0.1, 0.15) is 11.1 Å². The highest BCUT2D eigenvalue weighted by Gasteiger charge is 2.06. The van der Waals surface area contributed by atoms with Crippen molar-refractivity contribution in [2.75, 3.05) is 11.9 Å². The molecule has 0 aliphatic rings. The van der Waals surface area contributed by atoms with E-state index in [1.54, 1.807) is 0 Å². The van der Waals surface area contributed by atoms with Gasteiger partial charge in [0, 0.05) is 5.69 Å². The number of amides is 1. The Balaban J connectivity index is 1.92. The van der Waals surface area contributed by atoms with Gasteiger partial charge in [0.1, 0.15) is 11.6 Å². The second-order valence-corrected chi connectivity index (χ2v) is 4.54. The fourth-order valence-electron chi connectivity index (χ4n) is 1.75. The summed E-state index contributed by atoms with van der Waals surface area (Å²) in [7, 11) is 0. The van der Waals surface area contributed by atoms with Crippen molar-refractivity contribution >= 4 is 11.6 Å². The van der Waals surface area contributed by atoms with Crippen molar-refractivity contribution in [3.05, 3.63) is 59.4 Å². The Morgan fingerprint density at radius 3 is 2.55 bits per heavy atom. The van der Waals surface area contributed by atoms with Crippen molar-refractivity contribution in [3.63, 3.8) is 0 Å². The molecular formula is C16H16FNO2. The number of halogens is 1. The van der Waals surface area contributed by atoms with Gasteiger partial charge < -0.3 is 10.1 Å². The molecule has 2 aromatic carbocycles. The number of carbonyl (C=O) groups excluding carboxylic acids is 1. The lowest BCUT2D eigenvalue weighted by Crippen LogP contribution is -2.20. The maximum Gasteiger partial charge on any atom is 0.262 e.